The van der Waals surface area contributed by atoms with Crippen molar-refractivity contribution in [2.24, 2.45) is 34.5 Å². The maximum atomic E-state index is 13.5. The molecule has 0 heterocycles. The van der Waals surface area contributed by atoms with E-state index in [0.29, 0.717) is 18.1 Å². The number of aliphatic hydroxyl groups excluding tert-OH is 1. The molecule has 0 aromatic heterocycles. The Bertz CT molecular complexity index is 909. The van der Waals surface area contributed by atoms with Crippen LogP contribution in [0, 0.1) is 48.3 Å². The predicted octanol–water partition coefficient (Wildman–Crippen LogP) is 6.75. The lowest BCUT2D eigenvalue weighted by molar-refractivity contribution is -0.129. The molecule has 0 spiro atoms. The molecule has 2 heteroatoms. The summed E-state index contributed by atoms with van der Waals surface area (Å²) in [6.45, 7) is 9.31. The number of hydrogen-bond acceptors (Lipinski definition) is 2. The largest absolute Gasteiger partial charge is 0.393 e. The second kappa shape index (κ2) is 8.12. The fourth-order valence-electron chi connectivity index (χ4n) is 8.84. The summed E-state index contributed by atoms with van der Waals surface area (Å²) in [7, 11) is 0. The van der Waals surface area contributed by atoms with Crippen molar-refractivity contribution in [3.8, 4) is 0 Å². The number of allylic oxidation sites excluding steroid dienone is 1. The summed E-state index contributed by atoms with van der Waals surface area (Å²) in [5.41, 5.74) is 6.04. The molecule has 4 aliphatic carbocycles. The summed E-state index contributed by atoms with van der Waals surface area (Å²) >= 11 is 0. The SMILES string of the molecule is Cc1cccc(C)c1CCC(=O)[C@H]1CC[C@H]2[C@@H]3CC=C4C[C@@H](O)CC[C@]4(C)[C@H]3CC[C@]12C. The Hall–Kier alpha value is -1.41. The van der Waals surface area contributed by atoms with Gasteiger partial charge in [-0.25, -0.2) is 0 Å². The minimum Gasteiger partial charge on any atom is -0.393 e. The Labute approximate surface area is 194 Å². The lowest BCUT2D eigenvalue weighted by Gasteiger charge is -2.58. The van der Waals surface area contributed by atoms with Gasteiger partial charge in [0, 0.05) is 12.3 Å². The monoisotopic (exact) mass is 434 g/mol. The van der Waals surface area contributed by atoms with Crippen molar-refractivity contribution in [3.05, 3.63) is 46.5 Å². The molecule has 0 aliphatic heterocycles. The maximum Gasteiger partial charge on any atom is 0.136 e. The number of carbonyl (C=O) groups is 1. The van der Waals surface area contributed by atoms with Gasteiger partial charge in [0.05, 0.1) is 6.10 Å². The van der Waals surface area contributed by atoms with Gasteiger partial charge >= 0.3 is 0 Å². The summed E-state index contributed by atoms with van der Waals surface area (Å²) in [5, 5.41) is 10.2. The molecular formula is C30H42O2. The van der Waals surface area contributed by atoms with Crippen LogP contribution < -0.4 is 0 Å². The van der Waals surface area contributed by atoms with Crippen molar-refractivity contribution < 1.29 is 9.90 Å². The molecule has 0 bridgehead atoms. The molecule has 3 fully saturated rings. The third-order valence-electron chi connectivity index (χ3n) is 10.7. The molecule has 1 aromatic carbocycles. The van der Waals surface area contributed by atoms with Gasteiger partial charge in [-0.1, -0.05) is 43.7 Å². The van der Waals surface area contributed by atoms with Crippen LogP contribution in [-0.2, 0) is 11.2 Å². The predicted molar refractivity (Wildman–Crippen MR) is 130 cm³/mol. The summed E-state index contributed by atoms with van der Waals surface area (Å²) in [6.07, 6.45) is 12.9. The first-order valence-corrected chi connectivity index (χ1v) is 13.2. The number of Topliss-reactive ketones (excluding diaryl/α,β-unsaturated/α-hetero) is 1. The highest BCUT2D eigenvalue weighted by atomic mass is 16.3. The van der Waals surface area contributed by atoms with Crippen LogP contribution in [0.15, 0.2) is 29.8 Å². The van der Waals surface area contributed by atoms with Crippen LogP contribution in [0.3, 0.4) is 0 Å². The van der Waals surface area contributed by atoms with Gasteiger partial charge < -0.3 is 5.11 Å². The number of aryl methyl sites for hydroxylation is 2. The van der Waals surface area contributed by atoms with Crippen LogP contribution in [0.25, 0.3) is 0 Å². The molecule has 5 rings (SSSR count). The van der Waals surface area contributed by atoms with Crippen LogP contribution in [0.2, 0.25) is 0 Å². The normalized spacial score (nSPS) is 40.8. The Balaban J connectivity index is 1.32. The molecule has 174 valence electrons. The van der Waals surface area contributed by atoms with Crippen LogP contribution in [0.4, 0.5) is 0 Å². The fourth-order valence-corrected chi connectivity index (χ4v) is 8.84. The van der Waals surface area contributed by atoms with Gasteiger partial charge in [0.1, 0.15) is 5.78 Å². The number of hydrogen-bond donors (Lipinski definition) is 1. The second-order valence-electron chi connectivity index (χ2n) is 12.2. The highest BCUT2D eigenvalue weighted by Gasteiger charge is 2.59. The summed E-state index contributed by atoms with van der Waals surface area (Å²) in [6, 6.07) is 6.47. The average Bonchev–Trinajstić information content (AvgIpc) is 3.11. The summed E-state index contributed by atoms with van der Waals surface area (Å²) in [5.74, 6) is 2.95. The molecule has 1 aromatic rings. The van der Waals surface area contributed by atoms with Crippen molar-refractivity contribution in [1.29, 1.82) is 0 Å². The minimum atomic E-state index is -0.134. The molecule has 3 saturated carbocycles. The third-order valence-corrected chi connectivity index (χ3v) is 10.7. The van der Waals surface area contributed by atoms with Crippen LogP contribution in [0.1, 0.15) is 88.3 Å². The smallest absolute Gasteiger partial charge is 0.136 e. The van der Waals surface area contributed by atoms with Gasteiger partial charge in [0.25, 0.3) is 0 Å². The van der Waals surface area contributed by atoms with Gasteiger partial charge in [0.15, 0.2) is 0 Å². The van der Waals surface area contributed by atoms with Gasteiger partial charge in [0.2, 0.25) is 0 Å². The highest BCUT2D eigenvalue weighted by molar-refractivity contribution is 5.82. The van der Waals surface area contributed by atoms with Crippen molar-refractivity contribution >= 4 is 5.78 Å². The van der Waals surface area contributed by atoms with Gasteiger partial charge in [-0.3, -0.25) is 4.79 Å². The molecule has 2 nitrogen and oxygen atoms in total. The lowest BCUT2D eigenvalue weighted by Crippen LogP contribution is -2.51. The first-order valence-electron chi connectivity index (χ1n) is 13.2. The zero-order valence-electron chi connectivity index (χ0n) is 20.6. The Kier molecular flexibility index (Phi) is 5.68. The number of aliphatic hydroxyl groups is 1. The number of ketones is 1. The van der Waals surface area contributed by atoms with E-state index in [9.17, 15) is 9.90 Å². The van der Waals surface area contributed by atoms with Crippen molar-refractivity contribution in [1.82, 2.24) is 0 Å². The van der Waals surface area contributed by atoms with Gasteiger partial charge in [-0.2, -0.15) is 0 Å². The molecule has 0 radical (unpaired) electrons. The first kappa shape index (κ1) is 22.4. The number of fused-ring (bicyclic) bond motifs is 5. The Morgan fingerprint density at radius 3 is 2.53 bits per heavy atom. The van der Waals surface area contributed by atoms with Crippen molar-refractivity contribution in [2.75, 3.05) is 0 Å². The van der Waals surface area contributed by atoms with E-state index in [4.69, 9.17) is 0 Å². The molecule has 0 amide bonds. The molecular weight excluding hydrogens is 392 g/mol. The van der Waals surface area contributed by atoms with Gasteiger partial charge in [-0.15, -0.1) is 0 Å². The summed E-state index contributed by atoms with van der Waals surface area (Å²) in [4.78, 5) is 13.5. The van der Waals surface area contributed by atoms with E-state index in [0.717, 1.165) is 43.9 Å². The van der Waals surface area contributed by atoms with E-state index >= 15 is 0 Å². The van der Waals surface area contributed by atoms with Crippen LogP contribution in [-0.4, -0.2) is 17.0 Å². The maximum absolute atomic E-state index is 13.5. The van der Waals surface area contributed by atoms with E-state index in [1.807, 2.05) is 0 Å². The van der Waals surface area contributed by atoms with E-state index < -0.39 is 0 Å². The topological polar surface area (TPSA) is 37.3 Å². The van der Waals surface area contributed by atoms with Crippen LogP contribution >= 0.6 is 0 Å². The highest BCUT2D eigenvalue weighted by Crippen LogP contribution is 2.66. The van der Waals surface area contributed by atoms with E-state index in [1.54, 1.807) is 5.57 Å². The average molecular weight is 435 g/mol. The quantitative estimate of drug-likeness (QED) is 0.533. The Morgan fingerprint density at radius 1 is 1.03 bits per heavy atom. The number of carbonyl (C=O) groups excluding carboxylic acids is 1. The molecule has 1 N–H and O–H groups in total. The Morgan fingerprint density at radius 2 is 1.78 bits per heavy atom. The van der Waals surface area contributed by atoms with Crippen LogP contribution in [0.5, 0.6) is 0 Å². The van der Waals surface area contributed by atoms with E-state index in [2.05, 4.69) is 52.0 Å². The standard InChI is InChI=1S/C30H42O2/c1-19-6-5-7-20(2)23(19)10-13-28(32)27-12-11-25-24-9-8-21-18-22(31)14-16-29(21,3)26(24)15-17-30(25,27)4/h5-8,22,24-27,31H,9-18H2,1-4H3/t22-,24-,25-,26-,27+,29-,30-/m0/s1. The van der Waals surface area contributed by atoms with Crippen molar-refractivity contribution in [2.45, 2.75) is 98.0 Å². The number of rotatable bonds is 4. The molecule has 0 saturated heterocycles. The van der Waals surface area contributed by atoms with Gasteiger partial charge in [-0.05, 0) is 117 Å². The zero-order chi connectivity index (χ0) is 22.7. The lowest BCUT2D eigenvalue weighted by atomic mass is 9.47. The van der Waals surface area contributed by atoms with Crippen molar-refractivity contribution in [3.63, 3.8) is 0 Å². The molecule has 0 unspecified atom stereocenters. The third kappa shape index (κ3) is 3.44. The van der Waals surface area contributed by atoms with E-state index in [-0.39, 0.29) is 22.9 Å². The minimum absolute atomic E-state index is 0.134. The summed E-state index contributed by atoms with van der Waals surface area (Å²) < 4.78 is 0. The molecule has 32 heavy (non-hydrogen) atoms. The molecule has 4 aliphatic rings. The zero-order valence-corrected chi connectivity index (χ0v) is 20.6. The van der Waals surface area contributed by atoms with E-state index in [1.165, 1.54) is 42.4 Å². The molecule has 7 atom stereocenters. The first-order chi connectivity index (χ1) is 15.2. The number of benzene rings is 1. The second-order valence-corrected chi connectivity index (χ2v) is 12.2. The fraction of sp³-hybridized carbons (Fsp3) is 0.700.